The second-order valence-electron chi connectivity index (χ2n) is 7.79. The Bertz CT molecular complexity index is 727. The summed E-state index contributed by atoms with van der Waals surface area (Å²) in [5, 5.41) is 3.23. The van der Waals surface area contributed by atoms with Crippen molar-refractivity contribution in [3.8, 4) is 0 Å². The summed E-state index contributed by atoms with van der Waals surface area (Å²) in [6.45, 7) is 4.76. The molecule has 1 saturated heterocycles. The second kappa shape index (κ2) is 9.82. The molecule has 28 heavy (non-hydrogen) atoms. The maximum Gasteiger partial charge on any atom is 0.242 e. The van der Waals surface area contributed by atoms with E-state index in [2.05, 4.69) is 46.4 Å². The summed E-state index contributed by atoms with van der Waals surface area (Å²) in [5.74, 6) is 0.0475. The smallest absolute Gasteiger partial charge is 0.242 e. The summed E-state index contributed by atoms with van der Waals surface area (Å²) in [6.07, 6.45) is 0. The van der Waals surface area contributed by atoms with Crippen LogP contribution >= 0.6 is 0 Å². The first-order valence-corrected chi connectivity index (χ1v) is 10.0. The topological polar surface area (TPSA) is 38.8 Å². The molecule has 1 amide bonds. The standard InChI is InChI=1S/C23H32N4O/c1-25(2)22(20-12-8-5-9-13-20)23(28)24-18-21(19-10-6-4-7-11-19)27-16-14-26(3)15-17-27/h4-13,21-22H,14-18H2,1-3H3,(H,24,28). The van der Waals surface area contributed by atoms with Crippen LogP contribution in [0.2, 0.25) is 0 Å². The van der Waals surface area contributed by atoms with Gasteiger partial charge in [0.05, 0.1) is 6.04 Å². The fourth-order valence-corrected chi connectivity index (χ4v) is 3.88. The number of carbonyl (C=O) groups excluding carboxylic acids is 1. The van der Waals surface area contributed by atoms with Crippen molar-refractivity contribution in [3.05, 3.63) is 71.8 Å². The van der Waals surface area contributed by atoms with Crippen LogP contribution in [0, 0.1) is 0 Å². The number of benzene rings is 2. The van der Waals surface area contributed by atoms with E-state index in [0.29, 0.717) is 6.54 Å². The minimum Gasteiger partial charge on any atom is -0.353 e. The Morgan fingerprint density at radius 2 is 1.46 bits per heavy atom. The van der Waals surface area contributed by atoms with E-state index in [-0.39, 0.29) is 18.0 Å². The Kier molecular flexibility index (Phi) is 7.20. The maximum absolute atomic E-state index is 13.1. The van der Waals surface area contributed by atoms with Gasteiger partial charge in [-0.25, -0.2) is 0 Å². The highest BCUT2D eigenvalue weighted by Gasteiger charge is 2.27. The van der Waals surface area contributed by atoms with E-state index in [1.54, 1.807) is 0 Å². The lowest BCUT2D eigenvalue weighted by molar-refractivity contribution is -0.126. The molecule has 1 N–H and O–H groups in total. The number of hydrogen-bond acceptors (Lipinski definition) is 4. The number of rotatable bonds is 7. The van der Waals surface area contributed by atoms with Crippen LogP contribution in [0.25, 0.3) is 0 Å². The van der Waals surface area contributed by atoms with Crippen molar-refractivity contribution >= 4 is 5.91 Å². The third-order valence-corrected chi connectivity index (χ3v) is 5.51. The van der Waals surface area contributed by atoms with Gasteiger partial charge in [0.2, 0.25) is 5.91 Å². The number of hydrogen-bond donors (Lipinski definition) is 1. The van der Waals surface area contributed by atoms with Crippen molar-refractivity contribution in [2.75, 3.05) is 53.9 Å². The van der Waals surface area contributed by atoms with Crippen molar-refractivity contribution in [2.24, 2.45) is 0 Å². The lowest BCUT2D eigenvalue weighted by Crippen LogP contribution is -2.49. The molecule has 0 aromatic heterocycles. The van der Waals surface area contributed by atoms with E-state index < -0.39 is 0 Å². The highest BCUT2D eigenvalue weighted by Crippen LogP contribution is 2.23. The predicted octanol–water partition coefficient (Wildman–Crippen LogP) is 2.39. The molecule has 1 fully saturated rings. The van der Waals surface area contributed by atoms with Crippen LogP contribution in [-0.4, -0.2) is 74.5 Å². The number of nitrogens with one attached hydrogen (secondary N) is 1. The predicted molar refractivity (Wildman–Crippen MR) is 114 cm³/mol. The molecule has 1 aliphatic rings. The van der Waals surface area contributed by atoms with Crippen molar-refractivity contribution in [2.45, 2.75) is 12.1 Å². The number of nitrogens with zero attached hydrogens (tertiary/aromatic N) is 3. The minimum absolute atomic E-state index is 0.0475. The van der Waals surface area contributed by atoms with Gasteiger partial charge in [-0.1, -0.05) is 60.7 Å². The summed E-state index contributed by atoms with van der Waals surface area (Å²) in [7, 11) is 6.07. The monoisotopic (exact) mass is 380 g/mol. The van der Waals surface area contributed by atoms with Crippen molar-refractivity contribution in [3.63, 3.8) is 0 Å². The average Bonchev–Trinajstić information content (AvgIpc) is 2.71. The largest absolute Gasteiger partial charge is 0.353 e. The van der Waals surface area contributed by atoms with Crippen LogP contribution in [0.15, 0.2) is 60.7 Å². The molecule has 0 saturated carbocycles. The van der Waals surface area contributed by atoms with E-state index in [1.165, 1.54) is 5.56 Å². The van der Waals surface area contributed by atoms with Gasteiger partial charge in [-0.3, -0.25) is 14.6 Å². The molecule has 2 aromatic carbocycles. The summed E-state index contributed by atoms with van der Waals surface area (Å²) in [6, 6.07) is 20.4. The molecule has 2 atom stereocenters. The van der Waals surface area contributed by atoms with Gasteiger partial charge in [-0.05, 0) is 32.3 Å². The fraction of sp³-hybridized carbons (Fsp3) is 0.435. The summed E-state index contributed by atoms with van der Waals surface area (Å²) < 4.78 is 0. The van der Waals surface area contributed by atoms with Gasteiger partial charge >= 0.3 is 0 Å². The Balaban J connectivity index is 1.72. The average molecular weight is 381 g/mol. The molecule has 2 aromatic rings. The lowest BCUT2D eigenvalue weighted by atomic mass is 10.0. The van der Waals surface area contributed by atoms with E-state index in [1.807, 2.05) is 55.4 Å². The molecule has 150 valence electrons. The zero-order valence-electron chi connectivity index (χ0n) is 17.2. The number of amides is 1. The first kappa shape index (κ1) is 20.5. The molecule has 1 aliphatic heterocycles. The van der Waals surface area contributed by atoms with Crippen LogP contribution in [0.1, 0.15) is 23.2 Å². The molecule has 0 radical (unpaired) electrons. The van der Waals surface area contributed by atoms with Crippen LogP contribution in [0.4, 0.5) is 0 Å². The molecule has 1 heterocycles. The molecule has 2 unspecified atom stereocenters. The Labute approximate surface area is 168 Å². The molecule has 0 bridgehead atoms. The highest BCUT2D eigenvalue weighted by atomic mass is 16.2. The molecule has 0 aliphatic carbocycles. The van der Waals surface area contributed by atoms with Crippen LogP contribution in [0.5, 0.6) is 0 Å². The molecule has 5 heteroatoms. The number of piperazine rings is 1. The van der Waals surface area contributed by atoms with Crippen LogP contribution in [0.3, 0.4) is 0 Å². The van der Waals surface area contributed by atoms with E-state index >= 15 is 0 Å². The Morgan fingerprint density at radius 1 is 0.929 bits per heavy atom. The second-order valence-corrected chi connectivity index (χ2v) is 7.79. The maximum atomic E-state index is 13.1. The molecule has 3 rings (SSSR count). The van der Waals surface area contributed by atoms with Crippen LogP contribution in [-0.2, 0) is 4.79 Å². The van der Waals surface area contributed by atoms with Crippen molar-refractivity contribution < 1.29 is 4.79 Å². The molecule has 5 nitrogen and oxygen atoms in total. The third kappa shape index (κ3) is 5.19. The number of carbonyl (C=O) groups is 1. The zero-order valence-corrected chi connectivity index (χ0v) is 17.2. The first-order chi connectivity index (χ1) is 13.6. The Hall–Kier alpha value is -2.21. The molecular weight excluding hydrogens is 348 g/mol. The number of likely N-dealkylation sites (N-methyl/N-ethyl adjacent to an activating group) is 2. The third-order valence-electron chi connectivity index (χ3n) is 5.51. The quantitative estimate of drug-likeness (QED) is 0.801. The lowest BCUT2D eigenvalue weighted by Gasteiger charge is -2.38. The normalized spacial score (nSPS) is 18.0. The summed E-state index contributed by atoms with van der Waals surface area (Å²) in [4.78, 5) is 19.9. The van der Waals surface area contributed by atoms with E-state index in [9.17, 15) is 4.79 Å². The highest BCUT2D eigenvalue weighted by molar-refractivity contribution is 5.83. The summed E-state index contributed by atoms with van der Waals surface area (Å²) >= 11 is 0. The van der Waals surface area contributed by atoms with Gasteiger partial charge in [0, 0.05) is 32.7 Å². The molecular formula is C23H32N4O. The van der Waals surface area contributed by atoms with Crippen molar-refractivity contribution in [1.82, 2.24) is 20.0 Å². The Morgan fingerprint density at radius 3 is 2.00 bits per heavy atom. The zero-order chi connectivity index (χ0) is 19.9. The first-order valence-electron chi connectivity index (χ1n) is 10.0. The SMILES string of the molecule is CN1CCN(C(CNC(=O)C(c2ccccc2)N(C)C)c2ccccc2)CC1. The van der Waals surface area contributed by atoms with Gasteiger partial charge in [0.25, 0.3) is 0 Å². The van der Waals surface area contributed by atoms with E-state index in [0.717, 1.165) is 31.7 Å². The molecule has 0 spiro atoms. The van der Waals surface area contributed by atoms with Gasteiger partial charge < -0.3 is 10.2 Å². The van der Waals surface area contributed by atoms with Gasteiger partial charge in [-0.15, -0.1) is 0 Å². The van der Waals surface area contributed by atoms with Gasteiger partial charge in [-0.2, -0.15) is 0 Å². The van der Waals surface area contributed by atoms with Crippen molar-refractivity contribution in [1.29, 1.82) is 0 Å². The van der Waals surface area contributed by atoms with Crippen LogP contribution < -0.4 is 5.32 Å². The van der Waals surface area contributed by atoms with Gasteiger partial charge in [0.15, 0.2) is 0 Å². The fourth-order valence-electron chi connectivity index (χ4n) is 3.88. The minimum atomic E-state index is -0.287. The summed E-state index contributed by atoms with van der Waals surface area (Å²) in [5.41, 5.74) is 2.27. The van der Waals surface area contributed by atoms with E-state index in [4.69, 9.17) is 0 Å². The van der Waals surface area contributed by atoms with Gasteiger partial charge in [0.1, 0.15) is 6.04 Å².